The minimum absolute atomic E-state index is 0.534. The fraction of sp³-hybridized carbons (Fsp3) is 0.692. The van der Waals surface area contributed by atoms with Crippen LogP contribution in [0.15, 0.2) is 12.2 Å². The molecule has 2 N–H and O–H groups in total. The lowest BCUT2D eigenvalue weighted by Crippen LogP contribution is -2.50. The van der Waals surface area contributed by atoms with Crippen LogP contribution in [0.25, 0.3) is 0 Å². The van der Waals surface area contributed by atoms with Crippen LogP contribution in [-0.4, -0.2) is 40.5 Å². The van der Waals surface area contributed by atoms with Gasteiger partial charge >= 0.3 is 12.1 Å². The van der Waals surface area contributed by atoms with Gasteiger partial charge in [-0.1, -0.05) is 12.2 Å². The highest BCUT2D eigenvalue weighted by atomic mass is 16.6. The zero-order chi connectivity index (χ0) is 14.8. The molecule has 6 nitrogen and oxygen atoms in total. The van der Waals surface area contributed by atoms with E-state index in [1.807, 2.05) is 13.8 Å². The Balaban J connectivity index is 2.68. The molecule has 0 aromatic rings. The SMILES string of the molecule is CC(C)(C)OC(=O)N[C@H](C(=O)O)[C@H]1C=CC(C)(C)O1. The lowest BCUT2D eigenvalue weighted by atomic mass is 10.1. The van der Waals surface area contributed by atoms with Crippen LogP contribution in [-0.2, 0) is 14.3 Å². The van der Waals surface area contributed by atoms with Crippen molar-refractivity contribution in [3.05, 3.63) is 12.2 Å². The first-order valence-electron chi connectivity index (χ1n) is 6.10. The summed E-state index contributed by atoms with van der Waals surface area (Å²) in [6.07, 6.45) is 1.92. The van der Waals surface area contributed by atoms with Crippen LogP contribution in [0.1, 0.15) is 34.6 Å². The number of rotatable bonds is 3. The molecule has 0 aromatic heterocycles. The molecule has 0 aliphatic carbocycles. The minimum atomic E-state index is -1.17. The molecule has 0 aromatic carbocycles. The number of alkyl carbamates (subject to hydrolysis) is 1. The van der Waals surface area contributed by atoms with E-state index in [1.165, 1.54) is 0 Å². The Labute approximate surface area is 112 Å². The van der Waals surface area contributed by atoms with E-state index >= 15 is 0 Å². The van der Waals surface area contributed by atoms with Crippen molar-refractivity contribution in [2.75, 3.05) is 0 Å². The number of carbonyl (C=O) groups is 2. The van der Waals surface area contributed by atoms with Crippen molar-refractivity contribution in [3.63, 3.8) is 0 Å². The van der Waals surface area contributed by atoms with Crippen molar-refractivity contribution in [1.29, 1.82) is 0 Å². The van der Waals surface area contributed by atoms with Crippen LogP contribution >= 0.6 is 0 Å². The Bertz CT molecular complexity index is 394. The second-order valence-electron chi connectivity index (χ2n) is 6.01. The molecule has 0 bridgehead atoms. The van der Waals surface area contributed by atoms with Gasteiger partial charge in [-0.05, 0) is 34.6 Å². The Morgan fingerprint density at radius 1 is 1.42 bits per heavy atom. The summed E-state index contributed by atoms with van der Waals surface area (Å²) in [5, 5.41) is 11.5. The number of hydrogen-bond acceptors (Lipinski definition) is 4. The summed E-state index contributed by atoms with van der Waals surface area (Å²) in [5.74, 6) is -1.17. The average molecular weight is 271 g/mol. The predicted molar refractivity (Wildman–Crippen MR) is 68.9 cm³/mol. The van der Waals surface area contributed by atoms with Gasteiger partial charge in [-0.15, -0.1) is 0 Å². The number of carbonyl (C=O) groups excluding carboxylic acids is 1. The quantitative estimate of drug-likeness (QED) is 0.763. The Hall–Kier alpha value is -1.56. The first-order chi connectivity index (χ1) is 8.50. The van der Waals surface area contributed by atoms with E-state index in [1.54, 1.807) is 32.9 Å². The summed E-state index contributed by atoms with van der Waals surface area (Å²) in [4.78, 5) is 22.8. The molecule has 0 fully saturated rings. The molecule has 1 aliphatic heterocycles. The van der Waals surface area contributed by atoms with Crippen molar-refractivity contribution in [1.82, 2.24) is 5.32 Å². The normalized spacial score (nSPS) is 22.9. The van der Waals surface area contributed by atoms with Gasteiger partial charge in [-0.3, -0.25) is 0 Å². The number of carboxylic acid groups (broad SMARTS) is 1. The molecule has 0 unspecified atom stereocenters. The molecule has 19 heavy (non-hydrogen) atoms. The molecule has 1 aliphatic rings. The van der Waals surface area contributed by atoms with Gasteiger partial charge in [0.05, 0.1) is 5.60 Å². The monoisotopic (exact) mass is 271 g/mol. The van der Waals surface area contributed by atoms with E-state index in [2.05, 4.69) is 5.32 Å². The van der Waals surface area contributed by atoms with Gasteiger partial charge in [-0.25, -0.2) is 9.59 Å². The van der Waals surface area contributed by atoms with Gasteiger partial charge in [0.1, 0.15) is 11.7 Å². The molecule has 0 saturated carbocycles. The van der Waals surface area contributed by atoms with Crippen LogP contribution in [0.4, 0.5) is 4.79 Å². The molecule has 1 amide bonds. The first kappa shape index (κ1) is 15.5. The summed E-state index contributed by atoms with van der Waals surface area (Å²) in [6.45, 7) is 8.75. The van der Waals surface area contributed by atoms with Crippen molar-refractivity contribution in [3.8, 4) is 0 Å². The number of hydrogen-bond donors (Lipinski definition) is 2. The first-order valence-corrected chi connectivity index (χ1v) is 6.10. The number of carboxylic acids is 1. The number of aliphatic carboxylic acids is 1. The van der Waals surface area contributed by atoms with Gasteiger partial charge in [0, 0.05) is 0 Å². The molecular weight excluding hydrogens is 250 g/mol. The Morgan fingerprint density at radius 3 is 2.37 bits per heavy atom. The second kappa shape index (κ2) is 5.21. The van der Waals surface area contributed by atoms with Gasteiger partial charge in [0.2, 0.25) is 0 Å². The predicted octanol–water partition coefficient (Wildman–Crippen LogP) is 1.70. The molecule has 2 atom stereocenters. The van der Waals surface area contributed by atoms with Crippen molar-refractivity contribution >= 4 is 12.1 Å². The van der Waals surface area contributed by atoms with Gasteiger partial charge in [0.15, 0.2) is 6.04 Å². The second-order valence-corrected chi connectivity index (χ2v) is 6.01. The highest BCUT2D eigenvalue weighted by Gasteiger charge is 2.37. The molecule has 1 heterocycles. The van der Waals surface area contributed by atoms with E-state index in [0.717, 1.165) is 0 Å². The average Bonchev–Trinajstić information content (AvgIpc) is 2.51. The van der Waals surface area contributed by atoms with Crippen LogP contribution in [0.5, 0.6) is 0 Å². The fourth-order valence-corrected chi connectivity index (χ4v) is 1.65. The van der Waals surface area contributed by atoms with E-state index in [9.17, 15) is 9.59 Å². The summed E-state index contributed by atoms with van der Waals surface area (Å²) >= 11 is 0. The Morgan fingerprint density at radius 2 is 2.00 bits per heavy atom. The smallest absolute Gasteiger partial charge is 0.408 e. The van der Waals surface area contributed by atoms with Crippen LogP contribution in [0.3, 0.4) is 0 Å². The number of nitrogens with one attached hydrogen (secondary N) is 1. The molecule has 0 saturated heterocycles. The topological polar surface area (TPSA) is 84.9 Å². The standard InChI is InChI=1S/C13H21NO5/c1-12(2,3)19-11(17)14-9(10(15)16)8-6-7-13(4,5)18-8/h6-9H,1-5H3,(H,14,17)(H,15,16)/t8-,9+/m1/s1. The molecule has 0 radical (unpaired) electrons. The van der Waals surface area contributed by atoms with Crippen LogP contribution in [0.2, 0.25) is 0 Å². The maximum atomic E-state index is 11.6. The highest BCUT2D eigenvalue weighted by molar-refractivity contribution is 5.81. The van der Waals surface area contributed by atoms with Crippen molar-refractivity contribution in [2.45, 2.75) is 58.0 Å². The van der Waals surface area contributed by atoms with Crippen molar-refractivity contribution < 1.29 is 24.2 Å². The van der Waals surface area contributed by atoms with Gasteiger partial charge in [0.25, 0.3) is 0 Å². The number of amides is 1. The zero-order valence-corrected chi connectivity index (χ0v) is 11.9. The lowest BCUT2D eigenvalue weighted by Gasteiger charge is -2.26. The summed E-state index contributed by atoms with van der Waals surface area (Å²) in [6, 6.07) is -1.17. The maximum Gasteiger partial charge on any atom is 0.408 e. The summed E-state index contributed by atoms with van der Waals surface area (Å²) in [7, 11) is 0. The van der Waals surface area contributed by atoms with Crippen molar-refractivity contribution in [2.24, 2.45) is 0 Å². The van der Waals surface area contributed by atoms with E-state index in [4.69, 9.17) is 14.6 Å². The maximum absolute atomic E-state index is 11.6. The third-order valence-electron chi connectivity index (χ3n) is 2.39. The van der Waals surface area contributed by atoms with Crippen LogP contribution in [0, 0.1) is 0 Å². The molecule has 108 valence electrons. The van der Waals surface area contributed by atoms with Gasteiger partial charge < -0.3 is 19.9 Å². The molecule has 1 rings (SSSR count). The van der Waals surface area contributed by atoms with E-state index in [-0.39, 0.29) is 0 Å². The van der Waals surface area contributed by atoms with E-state index in [0.29, 0.717) is 0 Å². The Kier molecular flexibility index (Phi) is 4.25. The third-order valence-corrected chi connectivity index (χ3v) is 2.39. The van der Waals surface area contributed by atoms with E-state index < -0.39 is 35.4 Å². The van der Waals surface area contributed by atoms with Crippen LogP contribution < -0.4 is 5.32 Å². The zero-order valence-electron chi connectivity index (χ0n) is 11.9. The molecule has 6 heteroatoms. The molecule has 0 spiro atoms. The third kappa shape index (κ3) is 4.90. The fourth-order valence-electron chi connectivity index (χ4n) is 1.65. The molecular formula is C13H21NO5. The number of ether oxygens (including phenoxy) is 2. The largest absolute Gasteiger partial charge is 0.480 e. The summed E-state index contributed by atoms with van der Waals surface area (Å²) < 4.78 is 10.6. The minimum Gasteiger partial charge on any atom is -0.480 e. The highest BCUT2D eigenvalue weighted by Crippen LogP contribution is 2.24. The van der Waals surface area contributed by atoms with Gasteiger partial charge in [-0.2, -0.15) is 0 Å². The lowest BCUT2D eigenvalue weighted by molar-refractivity contribution is -0.144. The summed E-state index contributed by atoms with van der Waals surface area (Å²) in [5.41, 5.74) is -1.22.